The summed E-state index contributed by atoms with van der Waals surface area (Å²) in [5, 5.41) is 2.68. The molecule has 0 unspecified atom stereocenters. The van der Waals surface area contributed by atoms with Crippen LogP contribution < -0.4 is 10.2 Å². The molecule has 1 aliphatic rings. The molecule has 1 saturated heterocycles. The molecule has 1 N–H and O–H groups in total. The van der Waals surface area contributed by atoms with Crippen molar-refractivity contribution in [2.24, 2.45) is 0 Å². The third kappa shape index (κ3) is 3.81. The number of amides is 1. The molecule has 6 heteroatoms. The number of alkyl halides is 1. The van der Waals surface area contributed by atoms with Crippen LogP contribution >= 0.6 is 11.6 Å². The third-order valence-corrected chi connectivity index (χ3v) is 3.54. The smallest absolute Gasteiger partial charge is 0.239 e. The van der Waals surface area contributed by atoms with Crippen molar-refractivity contribution in [3.8, 4) is 0 Å². The molecule has 0 aromatic carbocycles. The lowest BCUT2D eigenvalue weighted by Gasteiger charge is -2.34. The Kier molecular flexibility index (Phi) is 4.99. The molecule has 5 nitrogen and oxygen atoms in total. The van der Waals surface area contributed by atoms with Crippen molar-refractivity contribution in [2.75, 3.05) is 48.8 Å². The quantitative estimate of drug-likeness (QED) is 0.848. The Bertz CT molecular complexity index is 415. The number of halogens is 1. The fourth-order valence-electron chi connectivity index (χ4n) is 2.13. The van der Waals surface area contributed by atoms with Gasteiger partial charge in [0, 0.05) is 26.2 Å². The van der Waals surface area contributed by atoms with Gasteiger partial charge in [-0.2, -0.15) is 0 Å². The van der Waals surface area contributed by atoms with Crippen LogP contribution in [-0.4, -0.2) is 54.4 Å². The minimum absolute atomic E-state index is 0.0409. The highest BCUT2D eigenvalue weighted by Crippen LogP contribution is 2.16. The summed E-state index contributed by atoms with van der Waals surface area (Å²) in [6.07, 6.45) is 1.67. The number of nitrogens with zero attached hydrogens (tertiary/aromatic N) is 3. The van der Waals surface area contributed by atoms with Crippen LogP contribution in [0.25, 0.3) is 0 Å². The Labute approximate surface area is 118 Å². The van der Waals surface area contributed by atoms with E-state index in [9.17, 15) is 4.79 Å². The Morgan fingerprint density at radius 2 is 2.11 bits per heavy atom. The van der Waals surface area contributed by atoms with E-state index in [1.165, 1.54) is 0 Å². The fourth-order valence-corrected chi connectivity index (χ4v) is 2.20. The highest BCUT2D eigenvalue weighted by Gasteiger charge is 2.16. The van der Waals surface area contributed by atoms with E-state index in [0.717, 1.165) is 38.5 Å². The number of hydrogen-bond donors (Lipinski definition) is 1. The standard InChI is InChI=1S/C13H19ClN4O/c1-2-17-5-7-18(8-6-17)12-4-3-11(10-15-12)16-13(19)9-14/h3-4,10H,2,5-9H2,1H3,(H,16,19). The molecule has 104 valence electrons. The van der Waals surface area contributed by atoms with Crippen molar-refractivity contribution in [3.05, 3.63) is 18.3 Å². The molecule has 2 rings (SSSR count). The fraction of sp³-hybridized carbons (Fsp3) is 0.538. The number of aromatic nitrogens is 1. The van der Waals surface area contributed by atoms with Gasteiger partial charge in [-0.1, -0.05) is 6.92 Å². The first kappa shape index (κ1) is 14.1. The van der Waals surface area contributed by atoms with Crippen molar-refractivity contribution in [3.63, 3.8) is 0 Å². The van der Waals surface area contributed by atoms with Crippen LogP contribution in [0.2, 0.25) is 0 Å². The maximum Gasteiger partial charge on any atom is 0.239 e. The van der Waals surface area contributed by atoms with Crippen LogP contribution in [0.5, 0.6) is 0 Å². The summed E-state index contributed by atoms with van der Waals surface area (Å²) in [5.41, 5.74) is 0.682. The summed E-state index contributed by atoms with van der Waals surface area (Å²) >= 11 is 5.44. The van der Waals surface area contributed by atoms with Gasteiger partial charge in [0.25, 0.3) is 0 Å². The Morgan fingerprint density at radius 3 is 2.63 bits per heavy atom. The van der Waals surface area contributed by atoms with E-state index in [-0.39, 0.29) is 11.8 Å². The molecule has 1 fully saturated rings. The molecule has 0 saturated carbocycles. The van der Waals surface area contributed by atoms with Gasteiger partial charge in [0.15, 0.2) is 0 Å². The lowest BCUT2D eigenvalue weighted by molar-refractivity contribution is -0.113. The van der Waals surface area contributed by atoms with E-state index in [0.29, 0.717) is 5.69 Å². The molecule has 1 aromatic rings. The van der Waals surface area contributed by atoms with Crippen LogP contribution in [0.3, 0.4) is 0 Å². The second kappa shape index (κ2) is 6.73. The Balaban J connectivity index is 1.93. The zero-order valence-electron chi connectivity index (χ0n) is 11.1. The van der Waals surface area contributed by atoms with Crippen molar-refractivity contribution >= 4 is 29.0 Å². The number of rotatable bonds is 4. The molecular weight excluding hydrogens is 264 g/mol. The number of carbonyl (C=O) groups is 1. The molecule has 1 amide bonds. The molecule has 0 atom stereocenters. The average Bonchev–Trinajstić information content (AvgIpc) is 2.48. The molecule has 1 aliphatic heterocycles. The van der Waals surface area contributed by atoms with E-state index < -0.39 is 0 Å². The largest absolute Gasteiger partial charge is 0.354 e. The van der Waals surface area contributed by atoms with Crippen molar-refractivity contribution in [1.29, 1.82) is 0 Å². The molecular formula is C13H19ClN4O. The summed E-state index contributed by atoms with van der Waals surface area (Å²) in [6.45, 7) is 7.42. The predicted molar refractivity (Wildman–Crippen MR) is 77.9 cm³/mol. The maximum atomic E-state index is 11.2. The number of piperazine rings is 1. The van der Waals surface area contributed by atoms with E-state index >= 15 is 0 Å². The number of carbonyl (C=O) groups excluding carboxylic acids is 1. The summed E-state index contributed by atoms with van der Waals surface area (Å²) in [6, 6.07) is 3.80. The molecule has 2 heterocycles. The molecule has 19 heavy (non-hydrogen) atoms. The van der Waals surface area contributed by atoms with Gasteiger partial charge in [0.05, 0.1) is 11.9 Å². The van der Waals surface area contributed by atoms with Crippen LogP contribution in [0.4, 0.5) is 11.5 Å². The topological polar surface area (TPSA) is 48.5 Å². The van der Waals surface area contributed by atoms with Gasteiger partial charge in [0.2, 0.25) is 5.91 Å². The van der Waals surface area contributed by atoms with Gasteiger partial charge in [-0.3, -0.25) is 4.79 Å². The van der Waals surface area contributed by atoms with Gasteiger partial charge >= 0.3 is 0 Å². The minimum Gasteiger partial charge on any atom is -0.354 e. The van der Waals surface area contributed by atoms with Gasteiger partial charge in [-0.25, -0.2) is 4.98 Å². The number of pyridine rings is 1. The zero-order chi connectivity index (χ0) is 13.7. The van der Waals surface area contributed by atoms with Crippen molar-refractivity contribution in [1.82, 2.24) is 9.88 Å². The summed E-state index contributed by atoms with van der Waals surface area (Å²) in [5.74, 6) is 0.702. The lowest BCUT2D eigenvalue weighted by atomic mass is 10.3. The van der Waals surface area contributed by atoms with Crippen molar-refractivity contribution in [2.45, 2.75) is 6.92 Å². The first-order chi connectivity index (χ1) is 9.22. The summed E-state index contributed by atoms with van der Waals surface area (Å²) in [7, 11) is 0. The number of nitrogens with one attached hydrogen (secondary N) is 1. The third-order valence-electron chi connectivity index (χ3n) is 3.30. The SMILES string of the molecule is CCN1CCN(c2ccc(NC(=O)CCl)cn2)CC1. The van der Waals surface area contributed by atoms with Crippen LogP contribution in [0, 0.1) is 0 Å². The van der Waals surface area contributed by atoms with Crippen LogP contribution in [-0.2, 0) is 4.79 Å². The van der Waals surface area contributed by atoms with E-state index in [1.807, 2.05) is 12.1 Å². The van der Waals surface area contributed by atoms with Gasteiger partial charge in [0.1, 0.15) is 11.7 Å². The van der Waals surface area contributed by atoms with E-state index in [2.05, 4.69) is 27.0 Å². The van der Waals surface area contributed by atoms with Gasteiger partial charge in [-0.05, 0) is 18.7 Å². The Hall–Kier alpha value is -1.33. The van der Waals surface area contributed by atoms with Crippen molar-refractivity contribution < 1.29 is 4.79 Å². The average molecular weight is 283 g/mol. The molecule has 0 bridgehead atoms. The summed E-state index contributed by atoms with van der Waals surface area (Å²) in [4.78, 5) is 20.2. The first-order valence-corrected chi connectivity index (χ1v) is 7.05. The highest BCUT2D eigenvalue weighted by atomic mass is 35.5. The molecule has 1 aromatic heterocycles. The van der Waals surface area contributed by atoms with Crippen LogP contribution in [0.15, 0.2) is 18.3 Å². The van der Waals surface area contributed by atoms with E-state index in [4.69, 9.17) is 11.6 Å². The number of anilines is 2. The molecule has 0 radical (unpaired) electrons. The Morgan fingerprint density at radius 1 is 1.37 bits per heavy atom. The lowest BCUT2D eigenvalue weighted by Crippen LogP contribution is -2.46. The van der Waals surface area contributed by atoms with Gasteiger partial charge in [-0.15, -0.1) is 11.6 Å². The van der Waals surface area contributed by atoms with E-state index in [1.54, 1.807) is 6.20 Å². The second-order valence-corrected chi connectivity index (χ2v) is 4.78. The highest BCUT2D eigenvalue weighted by molar-refractivity contribution is 6.29. The van der Waals surface area contributed by atoms with Crippen LogP contribution in [0.1, 0.15) is 6.92 Å². The monoisotopic (exact) mass is 282 g/mol. The number of hydrogen-bond acceptors (Lipinski definition) is 4. The molecule has 0 spiro atoms. The normalized spacial score (nSPS) is 16.4. The molecule has 0 aliphatic carbocycles. The summed E-state index contributed by atoms with van der Waals surface area (Å²) < 4.78 is 0. The number of likely N-dealkylation sites (N-methyl/N-ethyl adjacent to an activating group) is 1. The first-order valence-electron chi connectivity index (χ1n) is 6.52. The van der Waals surface area contributed by atoms with Gasteiger partial charge < -0.3 is 15.1 Å². The second-order valence-electron chi connectivity index (χ2n) is 4.51. The maximum absolute atomic E-state index is 11.2. The minimum atomic E-state index is -0.215. The predicted octanol–water partition coefficient (Wildman–Crippen LogP) is 1.40. The zero-order valence-corrected chi connectivity index (χ0v) is 11.9.